The Labute approximate surface area is 515 Å². The lowest BCUT2D eigenvalue weighted by atomic mass is 9.33. The smallest absolute Gasteiger partial charge is 0.335 e. The Morgan fingerprint density at radius 2 is 1.28 bits per heavy atom. The van der Waals surface area contributed by atoms with E-state index in [0.717, 1.165) is 11.9 Å². The van der Waals surface area contributed by atoms with E-state index < -0.39 is 223 Å². The summed E-state index contributed by atoms with van der Waals surface area (Å²) in [5, 5.41) is 132. The number of ether oxygens (including phenoxy) is 11. The number of allylic oxidation sites excluding steroid dienone is 3. The molecule has 12 N–H and O–H groups in total. The van der Waals surface area contributed by atoms with Gasteiger partial charge in [-0.15, -0.1) is 0 Å². The van der Waals surface area contributed by atoms with E-state index in [2.05, 4.69) is 26.8 Å². The van der Waals surface area contributed by atoms with Gasteiger partial charge >= 0.3 is 23.9 Å². The summed E-state index contributed by atoms with van der Waals surface area (Å²) in [5.74, 6) is -4.97. The van der Waals surface area contributed by atoms with E-state index in [1.165, 1.54) is 13.8 Å². The minimum Gasteiger partial charge on any atom is -0.479 e. The zero-order valence-corrected chi connectivity index (χ0v) is 51.8. The van der Waals surface area contributed by atoms with E-state index in [1.807, 2.05) is 13.8 Å². The summed E-state index contributed by atoms with van der Waals surface area (Å²) in [4.78, 5) is 67.1. The number of fused-ring (bicyclic) bond motifs is 7. The molecule has 0 unspecified atom stereocenters. The topological polar surface area (TPSA) is 430 Å². The molecule has 0 bridgehead atoms. The Balaban J connectivity index is 1.07. The zero-order valence-electron chi connectivity index (χ0n) is 51.8. The summed E-state index contributed by atoms with van der Waals surface area (Å²) in [7, 11) is 0. The number of hydrogen-bond acceptors (Lipinski definition) is 27. The summed E-state index contributed by atoms with van der Waals surface area (Å²) in [6, 6.07) is 0. The van der Waals surface area contributed by atoms with E-state index in [9.17, 15) is 85.3 Å². The molecule has 89 heavy (non-hydrogen) atoms. The third kappa shape index (κ3) is 11.9. The van der Waals surface area contributed by atoms with Crippen LogP contribution < -0.4 is 0 Å². The Bertz CT molecular complexity index is 2670. The molecule has 30 atom stereocenters. The number of aliphatic hydroxyl groups is 11. The largest absolute Gasteiger partial charge is 0.479 e. The van der Waals surface area contributed by atoms with Crippen LogP contribution in [0.3, 0.4) is 0 Å². The molecule has 28 nitrogen and oxygen atoms in total. The first-order valence-electron chi connectivity index (χ1n) is 30.7. The highest BCUT2D eigenvalue weighted by atomic mass is 16.8. The summed E-state index contributed by atoms with van der Waals surface area (Å²) >= 11 is 0. The minimum absolute atomic E-state index is 0.0912. The van der Waals surface area contributed by atoms with Gasteiger partial charge in [-0.05, 0) is 92.8 Å². The molecule has 4 aliphatic heterocycles. The van der Waals surface area contributed by atoms with Crippen molar-refractivity contribution in [3.63, 3.8) is 0 Å². The van der Waals surface area contributed by atoms with E-state index in [-0.39, 0.29) is 25.4 Å². The Morgan fingerprint density at radius 1 is 0.652 bits per heavy atom. The van der Waals surface area contributed by atoms with Crippen molar-refractivity contribution in [1.29, 1.82) is 0 Å². The van der Waals surface area contributed by atoms with E-state index in [4.69, 9.17) is 52.1 Å². The number of esters is 3. The van der Waals surface area contributed by atoms with Crippen molar-refractivity contribution in [3.05, 3.63) is 23.3 Å². The molecule has 9 rings (SSSR count). The molecule has 0 amide bonds. The van der Waals surface area contributed by atoms with Crippen LogP contribution >= 0.6 is 0 Å². The molecule has 0 radical (unpaired) electrons. The standard InChI is InChI=1S/C61H92O28/c1-11-25(2)51(78)89-49-48(75)61(24-81-26(3)64)29(18-56(49,5)6)28-12-13-34-57(7)16-15-35(58(8,23-63)33(57)14-17-59(34,9)60(28,10)19-36(61)82-27(4)65)84-55-47(88-53-42(73)40(71)39(70)32(20-62)83-53)44(43(74)45(86-55)50(76)77)85-54-46(38(69)31(67)22-80-54)87-52-41(72)37(68)30(66)21-79-52/h11-12,23,29-49,52-55,62,66-75H,13-22,24H2,1-10H3,(H,76,77)/t29-,30+,31-,32+,33+,34+,35-,36+,37-,38-,39-,40-,41+,42+,43-,44-,45-,46+,47+,48-,49-,52-,53-,54-,55+,57-,58-,59+,60+,61-/m0/s1. The van der Waals surface area contributed by atoms with Gasteiger partial charge < -0.3 is 118 Å². The number of rotatable bonds is 16. The molecule has 28 heteroatoms. The van der Waals surface area contributed by atoms with Crippen LogP contribution in [-0.2, 0) is 76.1 Å². The number of hydrogen-bond donors (Lipinski definition) is 12. The highest BCUT2D eigenvalue weighted by Gasteiger charge is 2.75. The fourth-order valence-corrected chi connectivity index (χ4v) is 17.2. The van der Waals surface area contributed by atoms with E-state index in [0.29, 0.717) is 37.7 Å². The van der Waals surface area contributed by atoms with Gasteiger partial charge in [0.1, 0.15) is 111 Å². The average Bonchev–Trinajstić information content (AvgIpc) is 0.693. The first kappa shape index (κ1) is 69.6. The van der Waals surface area contributed by atoms with Crippen molar-refractivity contribution in [2.45, 2.75) is 249 Å². The van der Waals surface area contributed by atoms with Gasteiger partial charge in [-0.25, -0.2) is 9.59 Å². The maximum absolute atomic E-state index is 14.3. The normalized spacial score (nSPS) is 49.7. The first-order chi connectivity index (χ1) is 41.6. The highest BCUT2D eigenvalue weighted by molar-refractivity contribution is 5.87. The van der Waals surface area contributed by atoms with Gasteiger partial charge in [0.25, 0.3) is 0 Å². The minimum atomic E-state index is -2.29. The van der Waals surface area contributed by atoms with Crippen LogP contribution in [-0.4, -0.2) is 253 Å². The lowest BCUT2D eigenvalue weighted by Crippen LogP contribution is -2.72. The number of carbonyl (C=O) groups excluding carboxylic acids is 4. The van der Waals surface area contributed by atoms with E-state index in [1.54, 1.807) is 26.8 Å². The van der Waals surface area contributed by atoms with Gasteiger partial charge in [-0.2, -0.15) is 0 Å². The molecule has 9 aliphatic rings. The highest BCUT2D eigenvalue weighted by Crippen LogP contribution is 2.76. The quantitative estimate of drug-likeness (QED) is 0.0210. The van der Waals surface area contributed by atoms with Crippen LogP contribution in [0.15, 0.2) is 23.3 Å². The van der Waals surface area contributed by atoms with E-state index >= 15 is 0 Å². The fraction of sp³-hybridized carbons (Fsp3) is 0.852. The number of carboxylic acid groups (broad SMARTS) is 1. The lowest BCUT2D eigenvalue weighted by Gasteiger charge is -2.72. The van der Waals surface area contributed by atoms with Gasteiger partial charge in [0.2, 0.25) is 0 Å². The van der Waals surface area contributed by atoms with Gasteiger partial charge in [0, 0.05) is 24.8 Å². The van der Waals surface area contributed by atoms with Gasteiger partial charge in [-0.3, -0.25) is 9.59 Å². The van der Waals surface area contributed by atoms with Crippen molar-refractivity contribution in [3.8, 4) is 0 Å². The molecule has 4 saturated heterocycles. The second-order valence-corrected chi connectivity index (χ2v) is 27.9. The van der Waals surface area contributed by atoms with Gasteiger partial charge in [0.15, 0.2) is 31.3 Å². The molecule has 8 fully saturated rings. The molecule has 5 aliphatic carbocycles. The summed E-state index contributed by atoms with van der Waals surface area (Å²) in [6.45, 7) is 15.3. The Kier molecular flexibility index (Phi) is 20.2. The van der Waals surface area contributed by atoms with Crippen LogP contribution in [0.25, 0.3) is 0 Å². The zero-order chi connectivity index (χ0) is 65.6. The van der Waals surface area contributed by atoms with Crippen LogP contribution in [0.4, 0.5) is 0 Å². The van der Waals surface area contributed by atoms with Crippen molar-refractivity contribution >= 4 is 30.2 Å². The fourth-order valence-electron chi connectivity index (χ4n) is 17.2. The number of aliphatic carboxylic acids is 1. The molecule has 0 aromatic carbocycles. The van der Waals surface area contributed by atoms with Crippen molar-refractivity contribution in [1.82, 2.24) is 0 Å². The first-order valence-corrected chi connectivity index (χ1v) is 30.7. The maximum atomic E-state index is 14.3. The molecule has 0 aromatic rings. The van der Waals surface area contributed by atoms with Crippen LogP contribution in [0.5, 0.6) is 0 Å². The number of aldehydes is 1. The molecule has 0 aromatic heterocycles. The molecular formula is C61H92O28. The third-order valence-corrected chi connectivity index (χ3v) is 22.5. The SMILES string of the molecule is CC=C(C)C(=O)O[C@H]1[C@H](O)[C@]2(COC(C)=O)[C@H](OC(C)=O)C[C@]3(C)C(=CC[C@@H]4[C@@]5(C)CC[C@H](O[C@@H]6O[C@H](C(=O)O)[C@@H](O)[C@H](O[C@@H]7OC[C@H](O)[C@H](O)[C@H]7O[C@@H]7OC[C@@H](O)[C@H](O)[C@H]7O)[C@H]6O[C@@H]6O[C@H](CO)[C@H](O)[C@H](O)[C@H]6O)[C@@](C)(C=O)[C@@H]5CC[C@]43C)[C@@H]2CC1(C)C. The molecule has 4 heterocycles. The van der Waals surface area contributed by atoms with Crippen LogP contribution in [0.1, 0.15) is 114 Å². The van der Waals surface area contributed by atoms with Gasteiger partial charge in [-0.1, -0.05) is 59.3 Å². The third-order valence-electron chi connectivity index (χ3n) is 22.5. The maximum Gasteiger partial charge on any atom is 0.335 e. The van der Waals surface area contributed by atoms with Gasteiger partial charge in [0.05, 0.1) is 36.8 Å². The van der Waals surface area contributed by atoms with Crippen LogP contribution in [0.2, 0.25) is 0 Å². The Morgan fingerprint density at radius 3 is 1.90 bits per heavy atom. The molecule has 504 valence electrons. The molecule has 0 spiro atoms. The molecule has 4 saturated carbocycles. The van der Waals surface area contributed by atoms with Crippen molar-refractivity contribution in [2.75, 3.05) is 26.4 Å². The summed E-state index contributed by atoms with van der Waals surface area (Å²) in [6.07, 6.45) is -32.9. The number of carboxylic acids is 1. The van der Waals surface area contributed by atoms with Crippen LogP contribution in [0, 0.1) is 50.2 Å². The predicted octanol–water partition coefficient (Wildman–Crippen LogP) is -1.44. The molecular weight excluding hydrogens is 1180 g/mol. The average molecular weight is 1270 g/mol. The van der Waals surface area contributed by atoms with Crippen molar-refractivity contribution in [2.24, 2.45) is 50.2 Å². The second-order valence-electron chi connectivity index (χ2n) is 27.9. The number of aliphatic hydroxyl groups excluding tert-OH is 11. The lowest BCUT2D eigenvalue weighted by molar-refractivity contribution is -0.398. The summed E-state index contributed by atoms with van der Waals surface area (Å²) < 4.78 is 66.6. The second kappa shape index (κ2) is 25.9. The number of carbonyl (C=O) groups is 5. The predicted molar refractivity (Wildman–Crippen MR) is 298 cm³/mol. The summed E-state index contributed by atoms with van der Waals surface area (Å²) in [5.41, 5.74) is -4.65. The Hall–Kier alpha value is -3.73. The van der Waals surface area contributed by atoms with Crippen molar-refractivity contribution < 1.29 is 137 Å². The monoisotopic (exact) mass is 1270 g/mol.